The molecule has 0 spiro atoms. The van der Waals surface area contributed by atoms with Gasteiger partial charge in [0.15, 0.2) is 5.79 Å². The molecular weight excluding hydrogens is 176 g/mol. The Morgan fingerprint density at radius 3 is 2.31 bits per heavy atom. The molecular formula is C8H14O5. The van der Waals surface area contributed by atoms with E-state index in [9.17, 15) is 15.3 Å². The highest BCUT2D eigenvalue weighted by Crippen LogP contribution is 2.52. The van der Waals surface area contributed by atoms with Crippen LogP contribution in [0, 0.1) is 11.8 Å². The van der Waals surface area contributed by atoms with E-state index in [0.717, 1.165) is 0 Å². The topological polar surface area (TPSA) is 90.2 Å². The number of rotatable bonds is 1. The minimum Gasteiger partial charge on any atom is -0.396 e. The summed E-state index contributed by atoms with van der Waals surface area (Å²) in [5.74, 6) is -2.82. The minimum atomic E-state index is -1.53. The summed E-state index contributed by atoms with van der Waals surface area (Å²) in [6.45, 7) is 1.33. The fourth-order valence-electron chi connectivity index (χ4n) is 2.50. The Morgan fingerprint density at radius 1 is 1.31 bits per heavy atom. The molecule has 0 amide bonds. The van der Waals surface area contributed by atoms with Crippen molar-refractivity contribution < 1.29 is 25.2 Å². The molecule has 2 fully saturated rings. The number of hydrogen-bond acceptors (Lipinski definition) is 5. The Hall–Kier alpha value is -0.200. The van der Waals surface area contributed by atoms with Crippen LogP contribution in [0.3, 0.4) is 0 Å². The first-order valence-corrected chi connectivity index (χ1v) is 4.39. The molecule has 4 unspecified atom stereocenters. The third kappa shape index (κ3) is 0.936. The van der Waals surface area contributed by atoms with Crippen molar-refractivity contribution in [3.8, 4) is 0 Å². The molecule has 5 heteroatoms. The van der Waals surface area contributed by atoms with Crippen LogP contribution in [0.25, 0.3) is 0 Å². The maximum atomic E-state index is 9.82. The number of ether oxygens (including phenoxy) is 1. The van der Waals surface area contributed by atoms with Crippen molar-refractivity contribution >= 4 is 0 Å². The Labute approximate surface area is 75.6 Å². The van der Waals surface area contributed by atoms with Crippen molar-refractivity contribution in [2.75, 3.05) is 6.61 Å². The second-order valence-corrected chi connectivity index (χ2v) is 3.87. The minimum absolute atomic E-state index is 0.272. The van der Waals surface area contributed by atoms with Crippen LogP contribution in [-0.2, 0) is 4.74 Å². The van der Waals surface area contributed by atoms with E-state index in [1.54, 1.807) is 6.92 Å². The maximum Gasteiger partial charge on any atom is 0.181 e. The molecule has 1 aliphatic carbocycles. The molecule has 2 rings (SSSR count). The first-order chi connectivity index (χ1) is 6.02. The fourth-order valence-corrected chi connectivity index (χ4v) is 2.50. The Bertz CT molecular complexity index is 209. The van der Waals surface area contributed by atoms with Gasteiger partial charge in [-0.15, -0.1) is 0 Å². The van der Waals surface area contributed by atoms with E-state index in [0.29, 0.717) is 0 Å². The van der Waals surface area contributed by atoms with Crippen LogP contribution in [0.2, 0.25) is 0 Å². The van der Waals surface area contributed by atoms with Gasteiger partial charge in [-0.05, 0) is 6.92 Å². The lowest BCUT2D eigenvalue weighted by Gasteiger charge is -2.48. The van der Waals surface area contributed by atoms with Crippen LogP contribution in [0.4, 0.5) is 0 Å². The van der Waals surface area contributed by atoms with Crippen molar-refractivity contribution in [1.29, 1.82) is 0 Å². The summed E-state index contributed by atoms with van der Waals surface area (Å²) < 4.78 is 5.07. The van der Waals surface area contributed by atoms with Crippen LogP contribution in [0.5, 0.6) is 0 Å². The molecule has 0 bridgehead atoms. The van der Waals surface area contributed by atoms with E-state index in [-0.39, 0.29) is 6.10 Å². The van der Waals surface area contributed by atoms with Crippen molar-refractivity contribution in [2.45, 2.75) is 31.0 Å². The van der Waals surface area contributed by atoms with E-state index < -0.39 is 36.4 Å². The van der Waals surface area contributed by atoms with Gasteiger partial charge < -0.3 is 25.2 Å². The highest BCUT2D eigenvalue weighted by atomic mass is 16.7. The van der Waals surface area contributed by atoms with Crippen LogP contribution in [0.15, 0.2) is 0 Å². The van der Waals surface area contributed by atoms with Gasteiger partial charge in [0.2, 0.25) is 0 Å². The van der Waals surface area contributed by atoms with E-state index in [1.165, 1.54) is 0 Å². The molecule has 1 aliphatic heterocycles. The molecule has 13 heavy (non-hydrogen) atoms. The molecule has 1 saturated heterocycles. The van der Waals surface area contributed by atoms with Crippen molar-refractivity contribution in [3.05, 3.63) is 0 Å². The number of fused-ring (bicyclic) bond motifs is 1. The SMILES string of the molecule is C[C@@H]1OC2(O)C(CO)C(O)[C@H](O)C12. The summed E-state index contributed by atoms with van der Waals surface area (Å²) >= 11 is 0. The lowest BCUT2D eigenvalue weighted by molar-refractivity contribution is -0.375. The molecule has 0 aromatic carbocycles. The molecule has 0 radical (unpaired) electrons. The summed E-state index contributed by atoms with van der Waals surface area (Å²) in [5, 5.41) is 37.7. The van der Waals surface area contributed by atoms with Gasteiger partial charge in [0.1, 0.15) is 0 Å². The monoisotopic (exact) mass is 190 g/mol. The lowest BCUT2D eigenvalue weighted by Crippen LogP contribution is -2.61. The zero-order valence-corrected chi connectivity index (χ0v) is 7.29. The van der Waals surface area contributed by atoms with Gasteiger partial charge >= 0.3 is 0 Å². The predicted octanol–water partition coefficient (Wildman–Crippen LogP) is -1.95. The highest BCUT2D eigenvalue weighted by molar-refractivity contribution is 5.10. The van der Waals surface area contributed by atoms with Gasteiger partial charge in [-0.1, -0.05) is 0 Å². The Morgan fingerprint density at radius 2 is 1.92 bits per heavy atom. The van der Waals surface area contributed by atoms with Crippen LogP contribution >= 0.6 is 0 Å². The summed E-state index contributed by atoms with van der Waals surface area (Å²) in [7, 11) is 0. The predicted molar refractivity (Wildman–Crippen MR) is 41.6 cm³/mol. The molecule has 76 valence electrons. The molecule has 1 saturated carbocycles. The van der Waals surface area contributed by atoms with Gasteiger partial charge in [-0.25, -0.2) is 0 Å². The molecule has 4 N–H and O–H groups in total. The number of hydrogen-bond donors (Lipinski definition) is 4. The third-order valence-corrected chi connectivity index (χ3v) is 3.22. The molecule has 2 aliphatic rings. The zero-order chi connectivity index (χ0) is 9.80. The summed E-state index contributed by atoms with van der Waals surface area (Å²) in [6.07, 6.45) is -2.39. The van der Waals surface area contributed by atoms with Gasteiger partial charge in [-0.2, -0.15) is 0 Å². The molecule has 5 nitrogen and oxygen atoms in total. The van der Waals surface area contributed by atoms with Crippen LogP contribution in [0.1, 0.15) is 6.92 Å². The van der Waals surface area contributed by atoms with Gasteiger partial charge in [0.05, 0.1) is 36.8 Å². The molecule has 1 heterocycles. The van der Waals surface area contributed by atoms with Gasteiger partial charge in [-0.3, -0.25) is 0 Å². The van der Waals surface area contributed by atoms with Crippen LogP contribution < -0.4 is 0 Å². The van der Waals surface area contributed by atoms with Gasteiger partial charge in [0.25, 0.3) is 0 Å². The van der Waals surface area contributed by atoms with Crippen molar-refractivity contribution in [1.82, 2.24) is 0 Å². The van der Waals surface area contributed by atoms with E-state index in [4.69, 9.17) is 9.84 Å². The van der Waals surface area contributed by atoms with E-state index >= 15 is 0 Å². The van der Waals surface area contributed by atoms with Crippen molar-refractivity contribution in [3.63, 3.8) is 0 Å². The average Bonchev–Trinajstić information content (AvgIpc) is 2.17. The molecule has 0 aromatic rings. The largest absolute Gasteiger partial charge is 0.396 e. The fraction of sp³-hybridized carbons (Fsp3) is 1.00. The highest BCUT2D eigenvalue weighted by Gasteiger charge is 2.68. The van der Waals surface area contributed by atoms with E-state index in [2.05, 4.69) is 0 Å². The number of aliphatic hydroxyl groups excluding tert-OH is 3. The average molecular weight is 190 g/mol. The summed E-state index contributed by atoms with van der Waals surface area (Å²) in [4.78, 5) is 0. The molecule has 0 aromatic heterocycles. The van der Waals surface area contributed by atoms with E-state index in [1.807, 2.05) is 0 Å². The lowest BCUT2D eigenvalue weighted by atomic mass is 9.85. The third-order valence-electron chi connectivity index (χ3n) is 3.22. The van der Waals surface area contributed by atoms with Gasteiger partial charge in [0, 0.05) is 0 Å². The zero-order valence-electron chi connectivity index (χ0n) is 7.29. The van der Waals surface area contributed by atoms with Crippen LogP contribution in [-0.4, -0.2) is 51.1 Å². The normalized spacial score (nSPS) is 60.2. The summed E-state index contributed by atoms with van der Waals surface area (Å²) in [5.41, 5.74) is 0. The van der Waals surface area contributed by atoms with Crippen molar-refractivity contribution in [2.24, 2.45) is 11.8 Å². The Balaban J connectivity index is 2.25. The second kappa shape index (κ2) is 2.65. The quantitative estimate of drug-likeness (QED) is 0.386. The number of aliphatic hydroxyl groups is 4. The second-order valence-electron chi connectivity index (χ2n) is 3.87. The summed E-state index contributed by atoms with van der Waals surface area (Å²) in [6, 6.07) is 0. The first kappa shape index (κ1) is 9.36. The first-order valence-electron chi connectivity index (χ1n) is 4.39. The maximum absolute atomic E-state index is 9.82. The standard InChI is InChI=1S/C8H14O5/c1-3-5-7(11)6(10)4(2-9)8(5,12)13-3/h3-7,9-12H,2H2,1H3/t3-,4?,5?,6?,7+,8?/m0/s1. The molecule has 6 atom stereocenters. The Kier molecular flexibility index (Phi) is 1.91. The smallest absolute Gasteiger partial charge is 0.181 e.